The van der Waals surface area contributed by atoms with Crippen LogP contribution in [-0.2, 0) is 23.4 Å². The Balaban J connectivity index is 1.26. The molecule has 2 N–H and O–H groups in total. The fourth-order valence-electron chi connectivity index (χ4n) is 7.87. The molecule has 1 aliphatic carbocycles. The first-order valence-corrected chi connectivity index (χ1v) is 14.4. The molecule has 8 nitrogen and oxygen atoms in total. The van der Waals surface area contributed by atoms with E-state index in [4.69, 9.17) is 25.2 Å². The summed E-state index contributed by atoms with van der Waals surface area (Å²) in [7, 11) is 0. The number of fused-ring (bicyclic) bond motifs is 4. The third-order valence-electron chi connectivity index (χ3n) is 9.94. The van der Waals surface area contributed by atoms with Crippen LogP contribution >= 0.6 is 0 Å². The number of benzene rings is 1. The minimum Gasteiger partial charge on any atom is -0.461 e. The van der Waals surface area contributed by atoms with Crippen LogP contribution in [0.1, 0.15) is 79.8 Å². The summed E-state index contributed by atoms with van der Waals surface area (Å²) >= 11 is 0. The van der Waals surface area contributed by atoms with Gasteiger partial charge >= 0.3 is 6.01 Å². The van der Waals surface area contributed by atoms with Gasteiger partial charge < -0.3 is 20.1 Å². The van der Waals surface area contributed by atoms with E-state index in [1.807, 2.05) is 6.07 Å². The van der Waals surface area contributed by atoms with Crippen LogP contribution in [0, 0.1) is 17.2 Å². The predicted octanol–water partition coefficient (Wildman–Crippen LogP) is 4.21. The lowest BCUT2D eigenvalue weighted by atomic mass is 9.69. The minimum atomic E-state index is -0.802. The van der Waals surface area contributed by atoms with Gasteiger partial charge in [-0.1, -0.05) is 19.9 Å². The Bertz CT molecular complexity index is 1360. The van der Waals surface area contributed by atoms with E-state index >= 15 is 0 Å². The van der Waals surface area contributed by atoms with Crippen LogP contribution in [0.25, 0.3) is 0 Å². The molecule has 0 radical (unpaired) electrons. The maximum Gasteiger partial charge on any atom is 0.318 e. The van der Waals surface area contributed by atoms with E-state index in [1.54, 1.807) is 0 Å². The molecule has 4 atom stereocenters. The highest BCUT2D eigenvalue weighted by molar-refractivity contribution is 5.64. The van der Waals surface area contributed by atoms with E-state index in [1.165, 1.54) is 0 Å². The molecule has 206 valence electrons. The Morgan fingerprint density at radius 2 is 2.08 bits per heavy atom. The molecule has 39 heavy (non-hydrogen) atoms. The van der Waals surface area contributed by atoms with E-state index in [0.717, 1.165) is 73.5 Å². The number of hydrogen-bond acceptors (Lipinski definition) is 8. The monoisotopic (exact) mass is 532 g/mol. The molecule has 1 aromatic heterocycles. The molecule has 7 rings (SSSR count). The Morgan fingerprint density at radius 1 is 1.23 bits per heavy atom. The highest BCUT2D eigenvalue weighted by atomic mass is 19.1. The van der Waals surface area contributed by atoms with Gasteiger partial charge in [-0.15, -0.1) is 0 Å². The lowest BCUT2D eigenvalue weighted by Crippen LogP contribution is -2.47. The smallest absolute Gasteiger partial charge is 0.318 e. The average molecular weight is 533 g/mol. The molecule has 3 fully saturated rings. The van der Waals surface area contributed by atoms with E-state index in [2.05, 4.69) is 35.8 Å². The van der Waals surface area contributed by atoms with E-state index < -0.39 is 11.8 Å². The maximum atomic E-state index is 14.4. The topological polar surface area (TPSA) is 101 Å². The van der Waals surface area contributed by atoms with Crippen molar-refractivity contribution in [1.82, 2.24) is 14.9 Å². The molecule has 0 amide bonds. The van der Waals surface area contributed by atoms with Crippen LogP contribution in [0.4, 0.5) is 15.9 Å². The number of nitrogen functional groups attached to an aromatic ring is 1. The van der Waals surface area contributed by atoms with E-state index in [9.17, 15) is 9.65 Å². The standard InChI is InChI=1S/C30H37FN6O2/c1-18-13-36(14-18)27-23-16-39-30(8-6-19(2)21-4-5-24(33)22(12-32)26(21)30)11-25(23)34-28(35-27)38-17-29-7-3-9-37(29)15-20(31)10-29/h4-5,18-20H,3,6-11,13-17,33H2,1-2H3/t19-,20+,29-,30-/m0/s1. The van der Waals surface area contributed by atoms with Crippen molar-refractivity contribution in [2.45, 2.75) is 82.2 Å². The third kappa shape index (κ3) is 3.90. The second kappa shape index (κ2) is 9.03. The Labute approximate surface area is 229 Å². The van der Waals surface area contributed by atoms with Crippen molar-refractivity contribution in [3.05, 3.63) is 40.1 Å². The third-order valence-corrected chi connectivity index (χ3v) is 9.94. The number of anilines is 2. The van der Waals surface area contributed by atoms with Gasteiger partial charge in [0.25, 0.3) is 0 Å². The van der Waals surface area contributed by atoms with Crippen LogP contribution in [-0.4, -0.2) is 59.4 Å². The maximum absolute atomic E-state index is 14.4. The lowest BCUT2D eigenvalue weighted by molar-refractivity contribution is -0.0874. The Kier molecular flexibility index (Phi) is 5.80. The van der Waals surface area contributed by atoms with Crippen LogP contribution in [0.15, 0.2) is 12.1 Å². The lowest BCUT2D eigenvalue weighted by Gasteiger charge is -2.46. The van der Waals surface area contributed by atoms with E-state index in [0.29, 0.717) is 61.7 Å². The fraction of sp³-hybridized carbons (Fsp3) is 0.633. The molecule has 9 heteroatoms. The minimum absolute atomic E-state index is 0.258. The highest BCUT2D eigenvalue weighted by Crippen LogP contribution is 2.51. The van der Waals surface area contributed by atoms with Crippen LogP contribution < -0.4 is 15.4 Å². The van der Waals surface area contributed by atoms with Crippen molar-refractivity contribution in [3.63, 3.8) is 0 Å². The molecule has 0 bridgehead atoms. The SMILES string of the molecule is CC1CN(c2nc(OC[C@@]34CCCN3C[C@H](F)C4)nc3c2CO[C@@]2(CC[C@H](C)c4ccc(N)c(C#N)c42)C3)C1. The summed E-state index contributed by atoms with van der Waals surface area (Å²) in [5.41, 5.74) is 10.4. The molecule has 5 heterocycles. The van der Waals surface area contributed by atoms with Crippen molar-refractivity contribution in [2.75, 3.05) is 43.4 Å². The quantitative estimate of drug-likeness (QED) is 0.585. The average Bonchev–Trinajstić information content (AvgIpc) is 3.43. The van der Waals surface area contributed by atoms with Crippen molar-refractivity contribution in [1.29, 1.82) is 5.26 Å². The summed E-state index contributed by atoms with van der Waals surface area (Å²) in [5.74, 6) is 1.82. The Hall–Kier alpha value is -2.96. The first-order valence-electron chi connectivity index (χ1n) is 14.4. The normalized spacial score (nSPS) is 31.9. The number of aromatic nitrogens is 2. The first kappa shape index (κ1) is 25.0. The zero-order valence-electron chi connectivity index (χ0n) is 22.9. The number of nitrogens with zero attached hydrogens (tertiary/aromatic N) is 5. The first-order chi connectivity index (χ1) is 18.8. The number of rotatable bonds is 4. The zero-order chi connectivity index (χ0) is 26.9. The van der Waals surface area contributed by atoms with Crippen molar-refractivity contribution in [2.24, 2.45) is 5.92 Å². The number of nitrogens with two attached hydrogens (primary N) is 1. The molecule has 3 saturated heterocycles. The molecular formula is C30H37FN6O2. The van der Waals surface area contributed by atoms with Gasteiger partial charge in [0.1, 0.15) is 30.3 Å². The molecule has 0 unspecified atom stereocenters. The van der Waals surface area contributed by atoms with Gasteiger partial charge in [-0.05, 0) is 55.7 Å². The van der Waals surface area contributed by atoms with Gasteiger partial charge in [0.15, 0.2) is 0 Å². The van der Waals surface area contributed by atoms with Crippen molar-refractivity contribution < 1.29 is 13.9 Å². The van der Waals surface area contributed by atoms with Gasteiger partial charge in [0.2, 0.25) is 0 Å². The van der Waals surface area contributed by atoms with Crippen LogP contribution in [0.2, 0.25) is 0 Å². The van der Waals surface area contributed by atoms with Gasteiger partial charge in [0, 0.05) is 49.3 Å². The molecule has 1 aromatic carbocycles. The predicted molar refractivity (Wildman–Crippen MR) is 145 cm³/mol. The van der Waals surface area contributed by atoms with Gasteiger partial charge in [-0.3, -0.25) is 4.90 Å². The van der Waals surface area contributed by atoms with Crippen LogP contribution in [0.5, 0.6) is 6.01 Å². The molecule has 1 spiro atoms. The second-order valence-electron chi connectivity index (χ2n) is 12.6. The summed E-state index contributed by atoms with van der Waals surface area (Å²) in [4.78, 5) is 14.4. The number of alkyl halides is 1. The zero-order valence-corrected chi connectivity index (χ0v) is 22.9. The summed E-state index contributed by atoms with van der Waals surface area (Å²) in [6.07, 6.45) is 4.02. The van der Waals surface area contributed by atoms with Crippen LogP contribution in [0.3, 0.4) is 0 Å². The summed E-state index contributed by atoms with van der Waals surface area (Å²) < 4.78 is 27.5. The fourth-order valence-corrected chi connectivity index (χ4v) is 7.87. The van der Waals surface area contributed by atoms with Crippen molar-refractivity contribution in [3.8, 4) is 12.1 Å². The Morgan fingerprint density at radius 3 is 2.87 bits per heavy atom. The summed E-state index contributed by atoms with van der Waals surface area (Å²) in [6.45, 7) is 8.51. The molecule has 2 aromatic rings. The van der Waals surface area contributed by atoms with Gasteiger partial charge in [0.05, 0.1) is 23.4 Å². The number of nitriles is 1. The summed E-state index contributed by atoms with van der Waals surface area (Å²) in [5, 5.41) is 10.1. The van der Waals surface area contributed by atoms with Gasteiger partial charge in [-0.25, -0.2) is 4.39 Å². The molecule has 5 aliphatic rings. The largest absolute Gasteiger partial charge is 0.461 e. The molecule has 4 aliphatic heterocycles. The van der Waals surface area contributed by atoms with E-state index in [-0.39, 0.29) is 5.54 Å². The number of hydrogen-bond donors (Lipinski definition) is 1. The van der Waals surface area contributed by atoms with Crippen molar-refractivity contribution >= 4 is 11.5 Å². The van der Waals surface area contributed by atoms with Gasteiger partial charge in [-0.2, -0.15) is 15.2 Å². The second-order valence-corrected chi connectivity index (χ2v) is 12.6. The molecule has 0 saturated carbocycles. The molecular weight excluding hydrogens is 495 g/mol. The number of halogens is 1. The number of ether oxygens (including phenoxy) is 2. The summed E-state index contributed by atoms with van der Waals surface area (Å²) in [6, 6.07) is 6.64. The highest BCUT2D eigenvalue weighted by Gasteiger charge is 2.50.